The molecule has 8 nitrogen and oxygen atoms in total. The van der Waals surface area contributed by atoms with E-state index in [1.807, 2.05) is 23.1 Å². The number of aliphatic hydroxyl groups is 1. The number of nitrogens with two attached hydrogens (primary N) is 1. The normalized spacial score (nSPS) is 24.4. The molecule has 0 radical (unpaired) electrons. The lowest BCUT2D eigenvalue weighted by molar-refractivity contribution is -0.129. The number of amides is 1. The fourth-order valence-electron chi connectivity index (χ4n) is 7.53. The molecular formula is C35H36N6O2. The van der Waals surface area contributed by atoms with Crippen molar-refractivity contribution in [2.75, 3.05) is 13.1 Å². The standard InChI is InChI=1S/C35H36N6O2/c1-22(42)40-17-15-25(16-18-40)33-39-38-31-14-13-29-30(41(31)33)19-28(23-5-3-2-4-6-23)32(37-29)24-7-9-26(10-8-24)34(36)20-35(43,21-34)27-11-12-27/h2-10,13-14,19,25,27,43H,11-12,15-18,20-21,36H2,1H3/t34-,35-. The first-order chi connectivity index (χ1) is 20.8. The second kappa shape index (κ2) is 9.69. The average molecular weight is 573 g/mol. The Balaban J connectivity index is 1.20. The summed E-state index contributed by atoms with van der Waals surface area (Å²) >= 11 is 0. The van der Waals surface area contributed by atoms with E-state index < -0.39 is 11.1 Å². The number of hydrogen-bond donors (Lipinski definition) is 2. The smallest absolute Gasteiger partial charge is 0.219 e. The van der Waals surface area contributed by atoms with Crippen LogP contribution < -0.4 is 5.73 Å². The highest BCUT2D eigenvalue weighted by Gasteiger charge is 2.58. The van der Waals surface area contributed by atoms with Crippen molar-refractivity contribution in [3.8, 4) is 22.4 Å². The highest BCUT2D eigenvalue weighted by molar-refractivity contribution is 5.91. The van der Waals surface area contributed by atoms with E-state index in [4.69, 9.17) is 10.7 Å². The Labute approximate surface area is 250 Å². The predicted octanol–water partition coefficient (Wildman–Crippen LogP) is 5.43. The minimum atomic E-state index is -0.593. The van der Waals surface area contributed by atoms with E-state index in [2.05, 4.69) is 69.2 Å². The molecular weight excluding hydrogens is 536 g/mol. The van der Waals surface area contributed by atoms with Gasteiger partial charge in [-0.2, -0.15) is 0 Å². The maximum Gasteiger partial charge on any atom is 0.219 e. The van der Waals surface area contributed by atoms with Crippen molar-refractivity contribution in [2.24, 2.45) is 11.7 Å². The van der Waals surface area contributed by atoms with Crippen LogP contribution >= 0.6 is 0 Å². The zero-order chi connectivity index (χ0) is 29.3. The predicted molar refractivity (Wildman–Crippen MR) is 166 cm³/mol. The highest BCUT2D eigenvalue weighted by atomic mass is 16.3. The molecule has 0 atom stereocenters. The summed E-state index contributed by atoms with van der Waals surface area (Å²) < 4.78 is 2.16. The summed E-state index contributed by atoms with van der Waals surface area (Å²) in [6.07, 6.45) is 5.20. The molecule has 1 aliphatic heterocycles. The molecule has 218 valence electrons. The lowest BCUT2D eigenvalue weighted by atomic mass is 9.60. The van der Waals surface area contributed by atoms with Gasteiger partial charge in [0.2, 0.25) is 5.91 Å². The molecule has 3 aromatic heterocycles. The SMILES string of the molecule is CC(=O)N1CCC(c2nnc3ccc4nc(-c5ccc([C@]6(N)C[C@@](O)(C7CC7)C6)cc5)c(-c5ccccc5)cc4n23)CC1. The van der Waals surface area contributed by atoms with E-state index in [0.717, 1.165) is 89.2 Å². The average Bonchev–Trinajstić information content (AvgIpc) is 3.79. The zero-order valence-corrected chi connectivity index (χ0v) is 24.4. The molecule has 1 saturated heterocycles. The third-order valence-electron chi connectivity index (χ3n) is 10.1. The third kappa shape index (κ3) is 4.43. The van der Waals surface area contributed by atoms with Gasteiger partial charge in [0.25, 0.3) is 0 Å². The Morgan fingerprint density at radius 3 is 2.30 bits per heavy atom. The fourth-order valence-corrected chi connectivity index (χ4v) is 7.53. The van der Waals surface area contributed by atoms with Gasteiger partial charge >= 0.3 is 0 Å². The lowest BCUT2D eigenvalue weighted by Gasteiger charge is -2.52. The van der Waals surface area contributed by atoms with Crippen LogP contribution in [0, 0.1) is 5.92 Å². The van der Waals surface area contributed by atoms with Crippen molar-refractivity contribution in [3.63, 3.8) is 0 Å². The fraction of sp³-hybridized carbons (Fsp3) is 0.371. The van der Waals surface area contributed by atoms with Gasteiger partial charge in [0.15, 0.2) is 5.65 Å². The van der Waals surface area contributed by atoms with Gasteiger partial charge in [0.1, 0.15) is 5.82 Å². The van der Waals surface area contributed by atoms with Crippen LogP contribution in [0.1, 0.15) is 62.8 Å². The maximum atomic E-state index is 11.9. The molecule has 8 rings (SSSR count). The minimum absolute atomic E-state index is 0.126. The molecule has 0 bridgehead atoms. The van der Waals surface area contributed by atoms with Crippen LogP contribution in [0.3, 0.4) is 0 Å². The Morgan fingerprint density at radius 2 is 1.63 bits per heavy atom. The quantitative estimate of drug-likeness (QED) is 0.291. The number of rotatable bonds is 5. The van der Waals surface area contributed by atoms with Gasteiger partial charge in [0, 0.05) is 42.6 Å². The monoisotopic (exact) mass is 572 g/mol. The second-order valence-electron chi connectivity index (χ2n) is 13.0. The summed E-state index contributed by atoms with van der Waals surface area (Å²) in [5.41, 5.74) is 13.5. The first-order valence-corrected chi connectivity index (χ1v) is 15.4. The highest BCUT2D eigenvalue weighted by Crippen LogP contribution is 2.57. The number of aromatic nitrogens is 4. The Morgan fingerprint density at radius 1 is 0.907 bits per heavy atom. The molecule has 4 heterocycles. The molecule has 43 heavy (non-hydrogen) atoms. The van der Waals surface area contributed by atoms with Crippen molar-refractivity contribution in [1.29, 1.82) is 0 Å². The van der Waals surface area contributed by atoms with Crippen LogP contribution in [0.4, 0.5) is 0 Å². The van der Waals surface area contributed by atoms with Gasteiger partial charge in [-0.15, -0.1) is 10.2 Å². The van der Waals surface area contributed by atoms with Crippen LogP contribution in [0.15, 0.2) is 72.8 Å². The van der Waals surface area contributed by atoms with Crippen LogP contribution in [0.2, 0.25) is 0 Å². The van der Waals surface area contributed by atoms with E-state index in [9.17, 15) is 9.90 Å². The number of carbonyl (C=O) groups is 1. The molecule has 0 unspecified atom stereocenters. The van der Waals surface area contributed by atoms with Crippen LogP contribution in [0.25, 0.3) is 39.1 Å². The number of likely N-dealkylation sites (tertiary alicyclic amines) is 1. The number of hydrogen-bond acceptors (Lipinski definition) is 6. The summed E-state index contributed by atoms with van der Waals surface area (Å²) in [5.74, 6) is 1.70. The van der Waals surface area contributed by atoms with Crippen LogP contribution in [-0.2, 0) is 10.3 Å². The molecule has 1 amide bonds. The molecule has 0 spiro atoms. The van der Waals surface area contributed by atoms with E-state index in [-0.39, 0.29) is 11.8 Å². The summed E-state index contributed by atoms with van der Waals surface area (Å²) in [7, 11) is 0. The van der Waals surface area contributed by atoms with Gasteiger partial charge in [-0.1, -0.05) is 54.6 Å². The van der Waals surface area contributed by atoms with Gasteiger partial charge < -0.3 is 15.7 Å². The van der Waals surface area contributed by atoms with Gasteiger partial charge in [-0.3, -0.25) is 9.20 Å². The van der Waals surface area contributed by atoms with Crippen molar-refractivity contribution in [3.05, 3.63) is 84.2 Å². The summed E-state index contributed by atoms with van der Waals surface area (Å²) in [6.45, 7) is 3.10. The molecule has 2 saturated carbocycles. The summed E-state index contributed by atoms with van der Waals surface area (Å²) in [5, 5.41) is 20.1. The van der Waals surface area contributed by atoms with Gasteiger partial charge in [0.05, 0.1) is 22.3 Å². The van der Waals surface area contributed by atoms with Crippen molar-refractivity contribution in [2.45, 2.75) is 62.5 Å². The number of fused-ring (bicyclic) bond motifs is 3. The summed E-state index contributed by atoms with van der Waals surface area (Å²) in [6, 6.07) is 25.0. The molecule has 5 aromatic rings. The van der Waals surface area contributed by atoms with Crippen LogP contribution in [0.5, 0.6) is 0 Å². The van der Waals surface area contributed by atoms with E-state index in [1.54, 1.807) is 6.92 Å². The van der Waals surface area contributed by atoms with E-state index >= 15 is 0 Å². The van der Waals surface area contributed by atoms with Crippen molar-refractivity contribution in [1.82, 2.24) is 24.5 Å². The Kier molecular flexibility index (Phi) is 5.97. The molecule has 3 N–H and O–H groups in total. The number of carbonyl (C=O) groups excluding carboxylic acids is 1. The second-order valence-corrected chi connectivity index (χ2v) is 13.0. The van der Waals surface area contributed by atoms with Crippen molar-refractivity contribution >= 4 is 22.6 Å². The molecule has 3 aliphatic rings. The Bertz CT molecular complexity index is 1850. The third-order valence-corrected chi connectivity index (χ3v) is 10.1. The van der Waals surface area contributed by atoms with E-state index in [1.165, 1.54) is 0 Å². The largest absolute Gasteiger partial charge is 0.389 e. The lowest BCUT2D eigenvalue weighted by Crippen LogP contribution is -2.60. The topological polar surface area (TPSA) is 110 Å². The molecule has 3 fully saturated rings. The van der Waals surface area contributed by atoms with Crippen LogP contribution in [-0.4, -0.2) is 54.2 Å². The zero-order valence-electron chi connectivity index (χ0n) is 24.4. The Hall–Kier alpha value is -4.14. The minimum Gasteiger partial charge on any atom is -0.389 e. The summed E-state index contributed by atoms with van der Waals surface area (Å²) in [4.78, 5) is 19.1. The first kappa shape index (κ1) is 26.5. The first-order valence-electron chi connectivity index (χ1n) is 15.4. The molecule has 2 aromatic carbocycles. The number of piperidine rings is 1. The van der Waals surface area contributed by atoms with E-state index in [0.29, 0.717) is 18.8 Å². The maximum absolute atomic E-state index is 11.9. The van der Waals surface area contributed by atoms with Crippen molar-refractivity contribution < 1.29 is 9.90 Å². The van der Waals surface area contributed by atoms with Gasteiger partial charge in [-0.25, -0.2) is 4.98 Å². The number of nitrogens with zero attached hydrogens (tertiary/aromatic N) is 5. The van der Waals surface area contributed by atoms with Gasteiger partial charge in [-0.05, 0) is 73.8 Å². The number of benzene rings is 2. The number of pyridine rings is 2. The molecule has 2 aliphatic carbocycles. The molecule has 8 heteroatoms.